The molecule has 0 aromatic heterocycles. The van der Waals surface area contributed by atoms with Crippen LogP contribution < -0.4 is 10.2 Å². The minimum Gasteiger partial charge on any atom is -0.368 e. The zero-order valence-electron chi connectivity index (χ0n) is 9.20. The van der Waals surface area contributed by atoms with Crippen molar-refractivity contribution in [2.45, 2.75) is 13.0 Å². The monoisotopic (exact) mass is 279 g/mol. The van der Waals surface area contributed by atoms with Gasteiger partial charge in [0.25, 0.3) is 0 Å². The third-order valence-corrected chi connectivity index (χ3v) is 3.47. The summed E-state index contributed by atoms with van der Waals surface area (Å²) in [5.41, 5.74) is 1.77. The first-order valence-corrected chi connectivity index (χ1v) is 6.18. The number of nitriles is 1. The second kappa shape index (κ2) is 4.86. The molecule has 0 bridgehead atoms. The van der Waals surface area contributed by atoms with Crippen LogP contribution in [0.4, 0.5) is 5.69 Å². The molecule has 1 aromatic carbocycles. The summed E-state index contributed by atoms with van der Waals surface area (Å²) in [6.45, 7) is 5.04. The lowest BCUT2D eigenvalue weighted by atomic mass is 10.1. The first kappa shape index (κ1) is 11.4. The van der Waals surface area contributed by atoms with Gasteiger partial charge in [0.15, 0.2) is 0 Å². The zero-order valence-corrected chi connectivity index (χ0v) is 10.8. The predicted molar refractivity (Wildman–Crippen MR) is 68.5 cm³/mol. The summed E-state index contributed by atoms with van der Waals surface area (Å²) >= 11 is 3.42. The van der Waals surface area contributed by atoms with Crippen LogP contribution in [0.3, 0.4) is 0 Å². The largest absolute Gasteiger partial charge is 0.368 e. The van der Waals surface area contributed by atoms with Crippen molar-refractivity contribution in [2.75, 3.05) is 24.5 Å². The van der Waals surface area contributed by atoms with E-state index in [2.05, 4.69) is 39.1 Å². The van der Waals surface area contributed by atoms with Crippen molar-refractivity contribution in [3.8, 4) is 6.07 Å². The van der Waals surface area contributed by atoms with Crippen molar-refractivity contribution >= 4 is 21.6 Å². The maximum atomic E-state index is 9.17. The van der Waals surface area contributed by atoms with Crippen LogP contribution in [0.15, 0.2) is 22.7 Å². The van der Waals surface area contributed by atoms with E-state index in [4.69, 9.17) is 0 Å². The molecule has 1 atom stereocenters. The number of halogens is 1. The minimum absolute atomic E-state index is 0.472. The molecule has 0 aliphatic carbocycles. The van der Waals surface area contributed by atoms with E-state index in [-0.39, 0.29) is 0 Å². The van der Waals surface area contributed by atoms with E-state index in [1.165, 1.54) is 0 Å². The summed E-state index contributed by atoms with van der Waals surface area (Å²) < 4.78 is 0.874. The third kappa shape index (κ3) is 2.21. The summed E-state index contributed by atoms with van der Waals surface area (Å²) in [5.74, 6) is 0. The molecule has 1 aliphatic rings. The summed E-state index contributed by atoms with van der Waals surface area (Å²) in [7, 11) is 0. The smallest absolute Gasteiger partial charge is 0.103 e. The van der Waals surface area contributed by atoms with E-state index >= 15 is 0 Å². The standard InChI is InChI=1S/C12H14BrN3/c1-9-8-16(6-5-15-9)12-4-2-3-11(13)10(12)7-14/h2-4,9,15H,5-6,8H2,1H3/t9-/m1/s1. The molecule has 2 rings (SSSR count). The average molecular weight is 280 g/mol. The van der Waals surface area contributed by atoms with Crippen LogP contribution in [0.25, 0.3) is 0 Å². The van der Waals surface area contributed by atoms with E-state index in [1.54, 1.807) is 0 Å². The molecule has 0 saturated carbocycles. The van der Waals surface area contributed by atoms with Crippen molar-refractivity contribution < 1.29 is 0 Å². The summed E-state index contributed by atoms with van der Waals surface area (Å²) in [6, 6.07) is 8.64. The molecule has 0 unspecified atom stereocenters. The van der Waals surface area contributed by atoms with Crippen molar-refractivity contribution in [3.05, 3.63) is 28.2 Å². The van der Waals surface area contributed by atoms with E-state index in [0.29, 0.717) is 6.04 Å². The quantitative estimate of drug-likeness (QED) is 0.856. The van der Waals surface area contributed by atoms with Crippen LogP contribution in [-0.2, 0) is 0 Å². The molecule has 16 heavy (non-hydrogen) atoms. The fourth-order valence-electron chi connectivity index (χ4n) is 2.04. The Morgan fingerprint density at radius 2 is 2.38 bits per heavy atom. The Kier molecular flexibility index (Phi) is 3.47. The molecule has 0 amide bonds. The molecule has 1 aromatic rings. The molecule has 4 heteroatoms. The fraction of sp³-hybridized carbons (Fsp3) is 0.417. The van der Waals surface area contributed by atoms with Crippen LogP contribution in [0.2, 0.25) is 0 Å². The first-order valence-electron chi connectivity index (χ1n) is 5.39. The van der Waals surface area contributed by atoms with Crippen molar-refractivity contribution in [1.29, 1.82) is 5.26 Å². The van der Waals surface area contributed by atoms with Crippen LogP contribution in [-0.4, -0.2) is 25.7 Å². The minimum atomic E-state index is 0.472. The molecule has 3 nitrogen and oxygen atoms in total. The Hall–Kier alpha value is -1.05. The van der Waals surface area contributed by atoms with E-state index < -0.39 is 0 Å². The summed E-state index contributed by atoms with van der Waals surface area (Å²) in [4.78, 5) is 2.27. The molecular weight excluding hydrogens is 266 g/mol. The predicted octanol–water partition coefficient (Wildman–Crippen LogP) is 2.12. The lowest BCUT2D eigenvalue weighted by molar-refractivity contribution is 0.484. The number of rotatable bonds is 1. The SMILES string of the molecule is C[C@@H]1CN(c2cccc(Br)c2C#N)CCN1. The van der Waals surface area contributed by atoms with E-state index in [0.717, 1.165) is 35.4 Å². The van der Waals surface area contributed by atoms with Gasteiger partial charge in [-0.15, -0.1) is 0 Å². The Bertz CT molecular complexity index is 425. The van der Waals surface area contributed by atoms with Gasteiger partial charge >= 0.3 is 0 Å². The van der Waals surface area contributed by atoms with Gasteiger partial charge in [0, 0.05) is 30.1 Å². The highest BCUT2D eigenvalue weighted by Gasteiger charge is 2.19. The molecule has 1 saturated heterocycles. The second-order valence-corrected chi connectivity index (χ2v) is 4.90. The second-order valence-electron chi connectivity index (χ2n) is 4.05. The van der Waals surface area contributed by atoms with Gasteiger partial charge in [-0.3, -0.25) is 0 Å². The van der Waals surface area contributed by atoms with Gasteiger partial charge in [0.05, 0.1) is 11.3 Å². The Balaban J connectivity index is 2.33. The maximum absolute atomic E-state index is 9.17. The topological polar surface area (TPSA) is 39.1 Å². The number of benzene rings is 1. The zero-order chi connectivity index (χ0) is 11.5. The van der Waals surface area contributed by atoms with Gasteiger partial charge in [-0.25, -0.2) is 0 Å². The van der Waals surface area contributed by atoms with Crippen molar-refractivity contribution in [2.24, 2.45) is 0 Å². The Morgan fingerprint density at radius 1 is 1.56 bits per heavy atom. The molecule has 1 aliphatic heterocycles. The van der Waals surface area contributed by atoms with Gasteiger partial charge < -0.3 is 10.2 Å². The Labute approximate surface area is 104 Å². The molecular formula is C12H14BrN3. The van der Waals surface area contributed by atoms with E-state index in [9.17, 15) is 5.26 Å². The van der Waals surface area contributed by atoms with Gasteiger partial charge in [0.2, 0.25) is 0 Å². The van der Waals surface area contributed by atoms with E-state index in [1.807, 2.05) is 18.2 Å². The molecule has 1 N–H and O–H groups in total. The number of nitrogens with one attached hydrogen (secondary N) is 1. The lowest BCUT2D eigenvalue weighted by Gasteiger charge is -2.34. The number of hydrogen-bond acceptors (Lipinski definition) is 3. The van der Waals surface area contributed by atoms with Crippen LogP contribution in [0.5, 0.6) is 0 Å². The summed E-state index contributed by atoms with van der Waals surface area (Å²) in [6.07, 6.45) is 0. The van der Waals surface area contributed by atoms with Gasteiger partial charge in [-0.1, -0.05) is 6.07 Å². The van der Waals surface area contributed by atoms with Crippen LogP contribution >= 0.6 is 15.9 Å². The highest BCUT2D eigenvalue weighted by molar-refractivity contribution is 9.10. The van der Waals surface area contributed by atoms with Crippen molar-refractivity contribution in [1.82, 2.24) is 5.32 Å². The van der Waals surface area contributed by atoms with Crippen molar-refractivity contribution in [3.63, 3.8) is 0 Å². The molecule has 84 valence electrons. The maximum Gasteiger partial charge on any atom is 0.103 e. The summed E-state index contributed by atoms with van der Waals surface area (Å²) in [5, 5.41) is 12.6. The average Bonchev–Trinajstić information content (AvgIpc) is 2.28. The van der Waals surface area contributed by atoms with Crippen LogP contribution in [0, 0.1) is 11.3 Å². The highest BCUT2D eigenvalue weighted by Crippen LogP contribution is 2.27. The van der Waals surface area contributed by atoms with Crippen LogP contribution in [0.1, 0.15) is 12.5 Å². The van der Waals surface area contributed by atoms with Gasteiger partial charge in [0.1, 0.15) is 6.07 Å². The van der Waals surface area contributed by atoms with Gasteiger partial charge in [-0.05, 0) is 35.0 Å². The molecule has 0 spiro atoms. The molecule has 1 fully saturated rings. The normalized spacial score (nSPS) is 20.6. The van der Waals surface area contributed by atoms with Gasteiger partial charge in [-0.2, -0.15) is 5.26 Å². The third-order valence-electron chi connectivity index (χ3n) is 2.81. The number of anilines is 1. The highest BCUT2D eigenvalue weighted by atomic mass is 79.9. The Morgan fingerprint density at radius 3 is 3.06 bits per heavy atom. The molecule has 0 radical (unpaired) electrons. The number of hydrogen-bond donors (Lipinski definition) is 1. The first-order chi connectivity index (χ1) is 7.72. The lowest BCUT2D eigenvalue weighted by Crippen LogP contribution is -2.49. The number of piperazine rings is 1. The molecule has 1 heterocycles. The number of nitrogens with zero attached hydrogens (tertiary/aromatic N) is 2. The fourth-order valence-corrected chi connectivity index (χ4v) is 2.48.